The van der Waals surface area contributed by atoms with Crippen LogP contribution in [0.3, 0.4) is 0 Å². The van der Waals surface area contributed by atoms with E-state index in [1.54, 1.807) is 0 Å². The van der Waals surface area contributed by atoms with Crippen molar-refractivity contribution < 1.29 is 15.3 Å². The number of aliphatic hydroxyl groups excluding tert-OH is 1. The quantitative estimate of drug-likeness (QED) is 0.673. The summed E-state index contributed by atoms with van der Waals surface area (Å²) in [6, 6.07) is 10.1. The van der Waals surface area contributed by atoms with E-state index in [2.05, 4.69) is 13.8 Å². The van der Waals surface area contributed by atoms with Gasteiger partial charge in [-0.2, -0.15) is 0 Å². The predicted molar refractivity (Wildman–Crippen MR) is 110 cm³/mol. The lowest BCUT2D eigenvalue weighted by Gasteiger charge is -2.64. The largest absolute Gasteiger partial charge is 0.393 e. The van der Waals surface area contributed by atoms with Gasteiger partial charge < -0.3 is 15.3 Å². The number of hydrogen-bond donors (Lipinski definition) is 3. The molecule has 3 N–H and O–H groups in total. The molecule has 0 heterocycles. The first-order valence-electron chi connectivity index (χ1n) is 11.4. The second-order valence-electron chi connectivity index (χ2n) is 10.9. The lowest BCUT2D eigenvalue weighted by molar-refractivity contribution is -0.238. The van der Waals surface area contributed by atoms with Crippen LogP contribution in [0.15, 0.2) is 30.3 Å². The zero-order chi connectivity index (χ0) is 19.8. The molecule has 0 aromatic heterocycles. The van der Waals surface area contributed by atoms with E-state index in [1.807, 2.05) is 30.3 Å². The second-order valence-corrected chi connectivity index (χ2v) is 10.9. The molecule has 4 aliphatic carbocycles. The minimum absolute atomic E-state index is 0.138. The fourth-order valence-electron chi connectivity index (χ4n) is 8.40. The summed E-state index contributed by atoms with van der Waals surface area (Å²) in [6.07, 6.45) is 8.22. The maximum absolute atomic E-state index is 12.2. The first kappa shape index (κ1) is 19.1. The number of fused-ring (bicyclic) bond motifs is 5. The minimum atomic E-state index is -0.950. The summed E-state index contributed by atoms with van der Waals surface area (Å²) < 4.78 is 0. The Morgan fingerprint density at radius 2 is 1.57 bits per heavy atom. The van der Waals surface area contributed by atoms with Gasteiger partial charge in [0.2, 0.25) is 0 Å². The molecule has 154 valence electrons. The van der Waals surface area contributed by atoms with E-state index in [4.69, 9.17) is 0 Å². The van der Waals surface area contributed by atoms with E-state index in [0.717, 1.165) is 50.5 Å². The molecule has 0 amide bonds. The Kier molecular flexibility index (Phi) is 4.13. The highest BCUT2D eigenvalue weighted by atomic mass is 16.3. The summed E-state index contributed by atoms with van der Waals surface area (Å²) in [5.74, 6) is 1.36. The lowest BCUT2D eigenvalue weighted by Crippen LogP contribution is -2.64. The zero-order valence-corrected chi connectivity index (χ0v) is 17.4. The Labute approximate surface area is 169 Å². The molecule has 0 saturated heterocycles. The summed E-state index contributed by atoms with van der Waals surface area (Å²) in [7, 11) is 0. The van der Waals surface area contributed by atoms with E-state index in [-0.39, 0.29) is 17.4 Å². The van der Waals surface area contributed by atoms with Crippen molar-refractivity contribution in [1.82, 2.24) is 0 Å². The molecule has 3 nitrogen and oxygen atoms in total. The fraction of sp³-hybridized carbons (Fsp3) is 0.760. The van der Waals surface area contributed by atoms with Crippen LogP contribution >= 0.6 is 0 Å². The Balaban J connectivity index is 1.52. The standard InChI is InChI=1S/C25H36O3/c1-22-12-10-19(26)16-18(22)8-9-21-20(22)11-13-23(2)24(27,14-15-25(21,23)28)17-6-4-3-5-7-17/h3-7,18-21,26-28H,8-16H2,1-2H3/t18-,19-,20+,21-,22+,23-,24+,25+/m1/s1. The van der Waals surface area contributed by atoms with Crippen molar-refractivity contribution in [1.29, 1.82) is 0 Å². The van der Waals surface area contributed by atoms with Crippen molar-refractivity contribution in [2.24, 2.45) is 28.6 Å². The minimum Gasteiger partial charge on any atom is -0.393 e. The first-order chi connectivity index (χ1) is 13.2. The van der Waals surface area contributed by atoms with Crippen LogP contribution in [-0.2, 0) is 5.60 Å². The van der Waals surface area contributed by atoms with Gasteiger partial charge in [0.05, 0.1) is 17.3 Å². The molecule has 4 saturated carbocycles. The molecule has 0 radical (unpaired) electrons. The molecule has 4 fully saturated rings. The van der Waals surface area contributed by atoms with Crippen molar-refractivity contribution in [2.75, 3.05) is 0 Å². The van der Waals surface area contributed by atoms with Crippen molar-refractivity contribution in [2.45, 2.75) is 88.9 Å². The second kappa shape index (κ2) is 6.06. The van der Waals surface area contributed by atoms with Crippen LogP contribution in [0.5, 0.6) is 0 Å². The Hall–Kier alpha value is -0.900. The monoisotopic (exact) mass is 384 g/mol. The van der Waals surface area contributed by atoms with E-state index in [9.17, 15) is 15.3 Å². The topological polar surface area (TPSA) is 60.7 Å². The molecule has 8 atom stereocenters. The molecule has 3 heteroatoms. The van der Waals surface area contributed by atoms with Crippen LogP contribution < -0.4 is 0 Å². The van der Waals surface area contributed by atoms with Gasteiger partial charge in [0.15, 0.2) is 0 Å². The van der Waals surface area contributed by atoms with Gasteiger partial charge >= 0.3 is 0 Å². The van der Waals surface area contributed by atoms with Crippen LogP contribution in [0, 0.1) is 28.6 Å². The third kappa shape index (κ3) is 2.22. The zero-order valence-electron chi connectivity index (χ0n) is 17.4. The summed E-state index contributed by atoms with van der Waals surface area (Å²) in [5.41, 5.74) is -1.06. The Morgan fingerprint density at radius 3 is 2.32 bits per heavy atom. The van der Waals surface area contributed by atoms with Crippen LogP contribution in [0.1, 0.15) is 77.2 Å². The molecular formula is C25H36O3. The highest BCUT2D eigenvalue weighted by molar-refractivity contribution is 5.32. The smallest absolute Gasteiger partial charge is 0.0978 e. The number of hydrogen-bond acceptors (Lipinski definition) is 3. The Bertz CT molecular complexity index is 749. The van der Waals surface area contributed by atoms with Gasteiger partial charge in [-0.25, -0.2) is 0 Å². The number of benzene rings is 1. The lowest BCUT2D eigenvalue weighted by atomic mass is 9.43. The molecular weight excluding hydrogens is 348 g/mol. The van der Waals surface area contributed by atoms with Crippen LogP contribution in [0.4, 0.5) is 0 Å². The molecule has 5 rings (SSSR count). The summed E-state index contributed by atoms with van der Waals surface area (Å²) in [5, 5.41) is 34.3. The van der Waals surface area contributed by atoms with Crippen molar-refractivity contribution >= 4 is 0 Å². The third-order valence-electron chi connectivity index (χ3n) is 10.2. The molecule has 1 aromatic rings. The Morgan fingerprint density at radius 1 is 0.821 bits per heavy atom. The molecule has 4 aliphatic rings. The highest BCUT2D eigenvalue weighted by Gasteiger charge is 2.71. The molecule has 0 aliphatic heterocycles. The predicted octanol–water partition coefficient (Wildman–Crippen LogP) is 4.39. The maximum Gasteiger partial charge on any atom is 0.0978 e. The highest BCUT2D eigenvalue weighted by Crippen LogP contribution is 2.71. The van der Waals surface area contributed by atoms with E-state index in [1.165, 1.54) is 0 Å². The van der Waals surface area contributed by atoms with Crippen LogP contribution in [0.25, 0.3) is 0 Å². The summed E-state index contributed by atoms with van der Waals surface area (Å²) in [6.45, 7) is 4.59. The van der Waals surface area contributed by atoms with Gasteiger partial charge in [0, 0.05) is 5.41 Å². The first-order valence-corrected chi connectivity index (χ1v) is 11.4. The van der Waals surface area contributed by atoms with Gasteiger partial charge in [0.25, 0.3) is 0 Å². The average molecular weight is 385 g/mol. The molecule has 0 unspecified atom stereocenters. The van der Waals surface area contributed by atoms with Crippen molar-refractivity contribution in [3.05, 3.63) is 35.9 Å². The molecule has 1 aromatic carbocycles. The molecule has 0 spiro atoms. The van der Waals surface area contributed by atoms with Gasteiger partial charge in [0.1, 0.15) is 0 Å². The van der Waals surface area contributed by atoms with E-state index in [0.29, 0.717) is 24.7 Å². The SMILES string of the molecule is C[C@]12CC[C@@H](O)C[C@H]1CC[C@@H]1[C@@H]2CC[C@]2(C)[C@@](O)(c3ccccc3)CC[C@]12O. The fourth-order valence-corrected chi connectivity index (χ4v) is 8.40. The van der Waals surface area contributed by atoms with Gasteiger partial charge in [-0.3, -0.25) is 0 Å². The van der Waals surface area contributed by atoms with Crippen molar-refractivity contribution in [3.8, 4) is 0 Å². The van der Waals surface area contributed by atoms with Crippen molar-refractivity contribution in [3.63, 3.8) is 0 Å². The third-order valence-corrected chi connectivity index (χ3v) is 10.2. The van der Waals surface area contributed by atoms with Crippen LogP contribution in [-0.4, -0.2) is 27.0 Å². The summed E-state index contributed by atoms with van der Waals surface area (Å²) >= 11 is 0. The number of aliphatic hydroxyl groups is 3. The van der Waals surface area contributed by atoms with Crippen LogP contribution in [0.2, 0.25) is 0 Å². The summed E-state index contributed by atoms with van der Waals surface area (Å²) in [4.78, 5) is 0. The maximum atomic E-state index is 12.2. The average Bonchev–Trinajstić information content (AvgIpc) is 2.91. The van der Waals surface area contributed by atoms with Gasteiger partial charge in [-0.15, -0.1) is 0 Å². The van der Waals surface area contributed by atoms with E-state index >= 15 is 0 Å². The number of rotatable bonds is 1. The van der Waals surface area contributed by atoms with Gasteiger partial charge in [-0.05, 0) is 86.5 Å². The molecule has 0 bridgehead atoms. The van der Waals surface area contributed by atoms with E-state index < -0.39 is 16.6 Å². The molecule has 28 heavy (non-hydrogen) atoms. The van der Waals surface area contributed by atoms with Gasteiger partial charge in [-0.1, -0.05) is 44.2 Å². The normalized spacial score (nSPS) is 53.2.